The fourth-order valence-corrected chi connectivity index (χ4v) is 2.41. The lowest BCUT2D eigenvalue weighted by atomic mass is 9.87. The highest BCUT2D eigenvalue weighted by molar-refractivity contribution is 6.00. The minimum absolute atomic E-state index is 0.186. The summed E-state index contributed by atoms with van der Waals surface area (Å²) in [4.78, 5) is 23.6. The molecule has 1 rings (SSSR count). The second-order valence-electron chi connectivity index (χ2n) is 4.39. The first-order valence-electron chi connectivity index (χ1n) is 6.70. The van der Waals surface area contributed by atoms with Crippen molar-refractivity contribution in [2.24, 2.45) is 0 Å². The molecule has 0 amide bonds. The molecule has 0 saturated carbocycles. The van der Waals surface area contributed by atoms with E-state index < -0.39 is 17.7 Å². The normalized spacial score (nSPS) is 17.8. The van der Waals surface area contributed by atoms with Crippen LogP contribution in [0.4, 0.5) is 0 Å². The van der Waals surface area contributed by atoms with E-state index in [0.717, 1.165) is 0 Å². The molecule has 0 aromatic rings. The Labute approximate surface area is 119 Å². The van der Waals surface area contributed by atoms with Gasteiger partial charge in [-0.05, 0) is 20.3 Å². The summed E-state index contributed by atoms with van der Waals surface area (Å²) < 4.78 is 20.8. The van der Waals surface area contributed by atoms with Crippen LogP contribution in [0.25, 0.3) is 0 Å². The summed E-state index contributed by atoms with van der Waals surface area (Å²) >= 11 is 0. The first kappa shape index (κ1) is 16.7. The maximum absolute atomic E-state index is 11.9. The van der Waals surface area contributed by atoms with Crippen molar-refractivity contribution in [3.63, 3.8) is 0 Å². The van der Waals surface area contributed by atoms with Crippen molar-refractivity contribution in [1.29, 1.82) is 0 Å². The van der Waals surface area contributed by atoms with E-state index in [4.69, 9.17) is 18.9 Å². The average Bonchev–Trinajstić information content (AvgIpc) is 2.46. The molecule has 0 aromatic carbocycles. The van der Waals surface area contributed by atoms with Crippen molar-refractivity contribution >= 4 is 11.9 Å². The van der Waals surface area contributed by atoms with Crippen LogP contribution in [0, 0.1) is 0 Å². The molecule has 0 saturated heterocycles. The van der Waals surface area contributed by atoms with Gasteiger partial charge >= 0.3 is 11.9 Å². The van der Waals surface area contributed by atoms with Gasteiger partial charge in [-0.25, -0.2) is 9.59 Å². The van der Waals surface area contributed by atoms with Crippen molar-refractivity contribution < 1.29 is 28.5 Å². The first-order valence-corrected chi connectivity index (χ1v) is 6.70. The lowest BCUT2D eigenvalue weighted by Gasteiger charge is -2.37. The van der Waals surface area contributed by atoms with E-state index >= 15 is 0 Å². The SMILES string of the molecule is CCOC1(OCC)CCC(C(=O)OC)=C(C(=O)OC)C1. The summed E-state index contributed by atoms with van der Waals surface area (Å²) in [7, 11) is 2.57. The zero-order valence-corrected chi connectivity index (χ0v) is 12.5. The number of carbonyl (C=O) groups is 2. The van der Waals surface area contributed by atoms with Crippen LogP contribution in [-0.2, 0) is 28.5 Å². The maximum atomic E-state index is 11.9. The molecule has 0 spiro atoms. The van der Waals surface area contributed by atoms with Crippen molar-refractivity contribution in [3.8, 4) is 0 Å². The molecule has 0 unspecified atom stereocenters. The third-order valence-electron chi connectivity index (χ3n) is 3.24. The molecule has 6 heteroatoms. The molecule has 0 atom stereocenters. The van der Waals surface area contributed by atoms with Gasteiger partial charge < -0.3 is 18.9 Å². The Balaban J connectivity index is 3.12. The quantitative estimate of drug-likeness (QED) is 0.545. The minimum Gasteiger partial charge on any atom is -0.466 e. The second kappa shape index (κ2) is 7.40. The van der Waals surface area contributed by atoms with E-state index in [9.17, 15) is 9.59 Å². The highest BCUT2D eigenvalue weighted by Gasteiger charge is 2.41. The number of rotatable bonds is 6. The zero-order chi connectivity index (χ0) is 15.2. The molecule has 0 aromatic heterocycles. The number of carbonyl (C=O) groups excluding carboxylic acids is 2. The van der Waals surface area contributed by atoms with Gasteiger partial charge in [-0.2, -0.15) is 0 Å². The number of methoxy groups -OCH3 is 2. The molecule has 20 heavy (non-hydrogen) atoms. The fraction of sp³-hybridized carbons (Fsp3) is 0.714. The van der Waals surface area contributed by atoms with Crippen LogP contribution >= 0.6 is 0 Å². The van der Waals surface area contributed by atoms with Gasteiger partial charge in [0.15, 0.2) is 5.79 Å². The third kappa shape index (κ3) is 3.58. The topological polar surface area (TPSA) is 71.1 Å². The van der Waals surface area contributed by atoms with Gasteiger partial charge in [-0.1, -0.05) is 0 Å². The van der Waals surface area contributed by atoms with Crippen molar-refractivity contribution in [2.75, 3.05) is 27.4 Å². The fourth-order valence-electron chi connectivity index (χ4n) is 2.41. The van der Waals surface area contributed by atoms with Crippen LogP contribution in [0.3, 0.4) is 0 Å². The highest BCUT2D eigenvalue weighted by atomic mass is 16.7. The average molecular weight is 286 g/mol. The Bertz CT molecular complexity index is 392. The molecule has 1 aliphatic rings. The lowest BCUT2D eigenvalue weighted by Crippen LogP contribution is -2.41. The molecular weight excluding hydrogens is 264 g/mol. The molecule has 0 N–H and O–H groups in total. The van der Waals surface area contributed by atoms with Gasteiger partial charge in [-0.3, -0.25) is 0 Å². The van der Waals surface area contributed by atoms with E-state index in [1.54, 1.807) is 0 Å². The molecule has 0 bridgehead atoms. The molecule has 0 aliphatic heterocycles. The van der Waals surface area contributed by atoms with Crippen LogP contribution in [-0.4, -0.2) is 45.2 Å². The van der Waals surface area contributed by atoms with Crippen molar-refractivity contribution in [2.45, 2.75) is 38.9 Å². The Kier molecular flexibility index (Phi) is 6.16. The number of ether oxygens (including phenoxy) is 4. The summed E-state index contributed by atoms with van der Waals surface area (Å²) in [6, 6.07) is 0. The van der Waals surface area contributed by atoms with Gasteiger partial charge in [0.1, 0.15) is 0 Å². The van der Waals surface area contributed by atoms with E-state index in [-0.39, 0.29) is 12.0 Å². The van der Waals surface area contributed by atoms with Crippen LogP contribution in [0.5, 0.6) is 0 Å². The van der Waals surface area contributed by atoms with E-state index in [1.807, 2.05) is 13.8 Å². The van der Waals surface area contributed by atoms with Crippen LogP contribution < -0.4 is 0 Å². The summed E-state index contributed by atoms with van der Waals surface area (Å²) in [5, 5.41) is 0. The Morgan fingerprint density at radius 2 is 1.50 bits per heavy atom. The van der Waals surface area contributed by atoms with E-state index in [1.165, 1.54) is 14.2 Å². The van der Waals surface area contributed by atoms with Crippen LogP contribution in [0.1, 0.15) is 33.1 Å². The largest absolute Gasteiger partial charge is 0.466 e. The summed E-state index contributed by atoms with van der Waals surface area (Å²) in [6.45, 7) is 4.64. The first-order chi connectivity index (χ1) is 9.53. The molecule has 6 nitrogen and oxygen atoms in total. The molecular formula is C14H22O6. The predicted molar refractivity (Wildman–Crippen MR) is 70.9 cm³/mol. The Hall–Kier alpha value is -1.40. The van der Waals surface area contributed by atoms with Crippen molar-refractivity contribution in [1.82, 2.24) is 0 Å². The smallest absolute Gasteiger partial charge is 0.334 e. The zero-order valence-electron chi connectivity index (χ0n) is 12.5. The molecule has 1 aliphatic carbocycles. The van der Waals surface area contributed by atoms with Crippen molar-refractivity contribution in [3.05, 3.63) is 11.1 Å². The van der Waals surface area contributed by atoms with Gasteiger partial charge in [0.05, 0.1) is 19.8 Å². The monoisotopic (exact) mass is 286 g/mol. The summed E-state index contributed by atoms with van der Waals surface area (Å²) in [5.74, 6) is -1.93. The highest BCUT2D eigenvalue weighted by Crippen LogP contribution is 2.37. The molecule has 0 fully saturated rings. The number of hydrogen-bond donors (Lipinski definition) is 0. The Morgan fingerprint density at radius 3 is 1.95 bits per heavy atom. The van der Waals surface area contributed by atoms with Crippen LogP contribution in [0.2, 0.25) is 0 Å². The third-order valence-corrected chi connectivity index (χ3v) is 3.24. The van der Waals surface area contributed by atoms with Crippen LogP contribution in [0.15, 0.2) is 11.1 Å². The molecule has 0 radical (unpaired) electrons. The Morgan fingerprint density at radius 1 is 1.00 bits per heavy atom. The number of hydrogen-bond acceptors (Lipinski definition) is 6. The minimum atomic E-state index is -0.870. The second-order valence-corrected chi connectivity index (χ2v) is 4.39. The van der Waals surface area contributed by atoms with Gasteiger partial charge in [0.25, 0.3) is 0 Å². The van der Waals surface area contributed by atoms with E-state index in [0.29, 0.717) is 31.6 Å². The summed E-state index contributed by atoms with van der Waals surface area (Å²) in [6.07, 6.45) is 1.04. The van der Waals surface area contributed by atoms with E-state index in [2.05, 4.69) is 0 Å². The van der Waals surface area contributed by atoms with Gasteiger partial charge in [0, 0.05) is 31.6 Å². The lowest BCUT2D eigenvalue weighted by molar-refractivity contribution is -0.238. The predicted octanol–water partition coefficient (Wildman–Crippen LogP) is 1.58. The maximum Gasteiger partial charge on any atom is 0.334 e. The standard InChI is InChI=1S/C14H22O6/c1-5-19-14(20-6-2)8-7-10(12(15)17-3)11(9-14)13(16)18-4/h5-9H2,1-4H3. The van der Waals surface area contributed by atoms with Gasteiger partial charge in [0.2, 0.25) is 0 Å². The summed E-state index contributed by atoms with van der Waals surface area (Å²) in [5.41, 5.74) is 0.613. The molecule has 0 heterocycles. The molecule has 114 valence electrons. The number of esters is 2. The van der Waals surface area contributed by atoms with Gasteiger partial charge in [-0.15, -0.1) is 0 Å².